The van der Waals surface area contributed by atoms with E-state index < -0.39 is 75.6 Å². The van der Waals surface area contributed by atoms with Gasteiger partial charge in [-0.1, -0.05) is 32.6 Å². The number of aliphatic hydroxyl groups excluding tert-OH is 6. The van der Waals surface area contributed by atoms with Gasteiger partial charge >= 0.3 is 7.60 Å². The highest BCUT2D eigenvalue weighted by atomic mass is 31.2. The van der Waals surface area contributed by atoms with Gasteiger partial charge in [0, 0.05) is 18.8 Å². The number of unbranched alkanes of at least 4 members (excludes halogenated alkanes) is 4. The smallest absolute Gasteiger partial charge is 0.328 e. The van der Waals surface area contributed by atoms with E-state index in [0.717, 1.165) is 25.7 Å². The van der Waals surface area contributed by atoms with Gasteiger partial charge < -0.3 is 64.3 Å². The Bertz CT molecular complexity index is 1060. The molecule has 1 aromatic carbocycles. The van der Waals surface area contributed by atoms with Gasteiger partial charge in [-0.05, 0) is 30.7 Å². The Kier molecular flexibility index (Phi) is 13.3. The van der Waals surface area contributed by atoms with Crippen LogP contribution < -0.4 is 10.1 Å². The summed E-state index contributed by atoms with van der Waals surface area (Å²) in [5, 5.41) is 65.4. The molecule has 2 fully saturated rings. The highest BCUT2D eigenvalue weighted by Gasteiger charge is 2.58. The fourth-order valence-corrected chi connectivity index (χ4v) is 5.92. The molecule has 3 rings (SSSR count). The molecule has 2 aliphatic heterocycles. The van der Waals surface area contributed by atoms with Crippen LogP contribution in [-0.2, 0) is 28.1 Å². The summed E-state index contributed by atoms with van der Waals surface area (Å²) in [5.74, 6) is -2.25. The standard InChI is InChI=1S/C27H44NO14P/c1-3-4-5-6-7-12-43(36,37)39-14-19-21(31)23(33)24(34)26(40-19)42-27(15-29)25(35)22(32)20(41-27)13-38-18-10-8-17(9-11-18)28-16(2)30/h8-11,19-26,29,31-35H,3-7,12-15H2,1-2H3,(H,28,30)(H,36,37)/t19-,20-,21-,22-,23+,24-,25+,26-,27+/m1/s1. The molecule has 1 amide bonds. The van der Waals surface area contributed by atoms with Crippen molar-refractivity contribution in [3.8, 4) is 5.75 Å². The van der Waals surface area contributed by atoms with Crippen LogP contribution in [0.25, 0.3) is 0 Å². The van der Waals surface area contributed by atoms with Gasteiger partial charge in [0.2, 0.25) is 11.7 Å². The second-order valence-electron chi connectivity index (χ2n) is 10.8. The third-order valence-electron chi connectivity index (χ3n) is 7.28. The third kappa shape index (κ3) is 9.63. The van der Waals surface area contributed by atoms with E-state index in [9.17, 15) is 44.9 Å². The Morgan fingerprint density at radius 2 is 1.63 bits per heavy atom. The number of nitrogens with one attached hydrogen (secondary N) is 1. The Morgan fingerprint density at radius 1 is 0.953 bits per heavy atom. The van der Waals surface area contributed by atoms with Crippen molar-refractivity contribution in [2.45, 2.75) is 101 Å². The molecule has 10 atom stereocenters. The maximum absolute atomic E-state index is 12.4. The van der Waals surface area contributed by atoms with Gasteiger partial charge in [0.15, 0.2) is 6.29 Å². The number of carbonyl (C=O) groups excluding carboxylic acids is 1. The quantitative estimate of drug-likeness (QED) is 0.0869. The summed E-state index contributed by atoms with van der Waals surface area (Å²) in [6.45, 7) is 1.45. The predicted molar refractivity (Wildman–Crippen MR) is 150 cm³/mol. The Balaban J connectivity index is 1.61. The molecule has 2 heterocycles. The lowest BCUT2D eigenvalue weighted by Gasteiger charge is -2.43. The zero-order chi connectivity index (χ0) is 31.8. The van der Waals surface area contributed by atoms with Gasteiger partial charge in [0.05, 0.1) is 6.61 Å². The summed E-state index contributed by atoms with van der Waals surface area (Å²) in [6.07, 6.45) is -9.45. The second-order valence-corrected chi connectivity index (χ2v) is 12.8. The van der Waals surface area contributed by atoms with Gasteiger partial charge in [0.1, 0.15) is 61.7 Å². The van der Waals surface area contributed by atoms with Crippen LogP contribution in [0.3, 0.4) is 0 Å². The molecule has 0 radical (unpaired) electrons. The molecule has 1 unspecified atom stereocenters. The molecule has 0 spiro atoms. The van der Waals surface area contributed by atoms with E-state index >= 15 is 0 Å². The minimum atomic E-state index is -4.05. The zero-order valence-corrected chi connectivity index (χ0v) is 25.1. The molecule has 1 aromatic rings. The monoisotopic (exact) mass is 637 g/mol. The Labute approximate surface area is 249 Å². The number of aliphatic hydroxyl groups is 6. The largest absolute Gasteiger partial charge is 0.491 e. The summed E-state index contributed by atoms with van der Waals surface area (Å²) in [4.78, 5) is 21.3. The number of amides is 1. The Hall–Kier alpha value is -1.72. The molecule has 0 bridgehead atoms. The Morgan fingerprint density at radius 3 is 2.26 bits per heavy atom. The van der Waals surface area contributed by atoms with E-state index in [2.05, 4.69) is 5.32 Å². The van der Waals surface area contributed by atoms with Crippen LogP contribution in [0.4, 0.5) is 5.69 Å². The number of carbonyl (C=O) groups is 1. The lowest BCUT2D eigenvalue weighted by atomic mass is 9.99. The molecule has 0 aromatic heterocycles. The van der Waals surface area contributed by atoms with E-state index in [0.29, 0.717) is 17.9 Å². The highest BCUT2D eigenvalue weighted by Crippen LogP contribution is 2.44. The normalized spacial score (nSPS) is 34.1. The molecule has 8 N–H and O–H groups in total. The molecule has 43 heavy (non-hydrogen) atoms. The molecule has 0 aliphatic carbocycles. The van der Waals surface area contributed by atoms with Crippen molar-refractivity contribution in [1.29, 1.82) is 0 Å². The highest BCUT2D eigenvalue weighted by molar-refractivity contribution is 7.52. The summed E-state index contributed by atoms with van der Waals surface area (Å²) in [5.41, 5.74) is 0.534. The number of hydrogen-bond donors (Lipinski definition) is 8. The van der Waals surface area contributed by atoms with Crippen molar-refractivity contribution >= 4 is 19.2 Å². The van der Waals surface area contributed by atoms with Crippen molar-refractivity contribution in [2.75, 3.05) is 31.3 Å². The predicted octanol–water partition coefficient (Wildman–Crippen LogP) is -0.170. The van der Waals surface area contributed by atoms with E-state index in [4.69, 9.17) is 23.5 Å². The van der Waals surface area contributed by atoms with Gasteiger partial charge in [-0.15, -0.1) is 0 Å². The minimum absolute atomic E-state index is 0.112. The molecular formula is C27H44NO14P. The summed E-state index contributed by atoms with van der Waals surface area (Å²) < 4.78 is 40.0. The van der Waals surface area contributed by atoms with E-state index in [1.807, 2.05) is 6.92 Å². The van der Waals surface area contributed by atoms with E-state index in [-0.39, 0.29) is 18.7 Å². The molecule has 2 aliphatic rings. The molecule has 0 saturated carbocycles. The fraction of sp³-hybridized carbons (Fsp3) is 0.741. The van der Waals surface area contributed by atoms with Crippen LogP contribution in [0.2, 0.25) is 0 Å². The average Bonchev–Trinajstić information content (AvgIpc) is 3.21. The molecular weight excluding hydrogens is 593 g/mol. The van der Waals surface area contributed by atoms with Gasteiger partial charge in [-0.2, -0.15) is 0 Å². The van der Waals surface area contributed by atoms with Crippen LogP contribution in [0.5, 0.6) is 5.75 Å². The number of ether oxygens (including phenoxy) is 4. The SMILES string of the molecule is CCCCCCCP(=O)(O)OC[C@H]1O[C@H](O[C@]2(CO)O[C@H](COc3ccc(NC(C)=O)cc3)[C@@H](O)[C@@H]2O)[C@H](O)[C@@H](O)[C@@H]1O. The zero-order valence-electron chi connectivity index (χ0n) is 24.2. The third-order valence-corrected chi connectivity index (χ3v) is 8.72. The van der Waals surface area contributed by atoms with Crippen molar-refractivity contribution in [3.63, 3.8) is 0 Å². The summed E-state index contributed by atoms with van der Waals surface area (Å²) in [6, 6.07) is 6.28. The van der Waals surface area contributed by atoms with Crippen LogP contribution in [0, 0.1) is 0 Å². The molecule has 2 saturated heterocycles. The maximum Gasteiger partial charge on any atom is 0.328 e. The van der Waals surface area contributed by atoms with Crippen molar-refractivity contribution in [3.05, 3.63) is 24.3 Å². The van der Waals surface area contributed by atoms with E-state index in [1.54, 1.807) is 24.3 Å². The minimum Gasteiger partial charge on any atom is -0.491 e. The van der Waals surface area contributed by atoms with Crippen LogP contribution in [0.15, 0.2) is 24.3 Å². The average molecular weight is 638 g/mol. The number of rotatable bonds is 16. The van der Waals surface area contributed by atoms with Gasteiger partial charge in [-0.25, -0.2) is 0 Å². The molecule has 16 heteroatoms. The lowest BCUT2D eigenvalue weighted by molar-refractivity contribution is -0.383. The first-order valence-electron chi connectivity index (χ1n) is 14.3. The number of benzene rings is 1. The van der Waals surface area contributed by atoms with E-state index in [1.165, 1.54) is 6.92 Å². The summed E-state index contributed by atoms with van der Waals surface area (Å²) in [7, 11) is -4.05. The van der Waals surface area contributed by atoms with Crippen molar-refractivity contribution in [2.24, 2.45) is 0 Å². The first kappa shape index (κ1) is 35.8. The molecule has 246 valence electrons. The van der Waals surface area contributed by atoms with Crippen LogP contribution in [0.1, 0.15) is 46.0 Å². The second kappa shape index (κ2) is 16.0. The summed E-state index contributed by atoms with van der Waals surface area (Å²) >= 11 is 0. The maximum atomic E-state index is 12.4. The van der Waals surface area contributed by atoms with Gasteiger partial charge in [0.25, 0.3) is 0 Å². The number of anilines is 1. The first-order chi connectivity index (χ1) is 20.3. The van der Waals surface area contributed by atoms with Crippen LogP contribution in [-0.4, -0.2) is 122 Å². The van der Waals surface area contributed by atoms with Crippen molar-refractivity contribution in [1.82, 2.24) is 0 Å². The van der Waals surface area contributed by atoms with Crippen LogP contribution >= 0.6 is 7.60 Å². The fourth-order valence-electron chi connectivity index (χ4n) is 4.79. The topological polar surface area (TPSA) is 234 Å². The number of hydrogen-bond acceptors (Lipinski definition) is 13. The lowest BCUT2D eigenvalue weighted by Crippen LogP contribution is -2.62. The molecule has 15 nitrogen and oxygen atoms in total. The first-order valence-corrected chi connectivity index (χ1v) is 16.1. The van der Waals surface area contributed by atoms with Gasteiger partial charge in [-0.3, -0.25) is 9.36 Å². The van der Waals surface area contributed by atoms with Crippen molar-refractivity contribution < 1.29 is 68.4 Å².